The Morgan fingerprint density at radius 1 is 1.50 bits per heavy atom. The maximum atomic E-state index is 9.47. The molecule has 1 aliphatic heterocycles. The molecule has 1 atom stereocenters. The van der Waals surface area contributed by atoms with E-state index in [-0.39, 0.29) is 12.0 Å². The Morgan fingerprint density at radius 3 is 2.64 bits per heavy atom. The first kappa shape index (κ1) is 12.0. The van der Waals surface area contributed by atoms with Crippen LogP contribution in [0.3, 0.4) is 0 Å². The Balaban J connectivity index is 2.51. The molecule has 0 bridgehead atoms. The van der Waals surface area contributed by atoms with E-state index in [0.29, 0.717) is 12.6 Å². The lowest BCUT2D eigenvalue weighted by Crippen LogP contribution is -2.46. The van der Waals surface area contributed by atoms with Gasteiger partial charge in [0, 0.05) is 24.6 Å². The molecule has 1 rings (SSSR count). The van der Waals surface area contributed by atoms with Gasteiger partial charge in [0.05, 0.1) is 13.2 Å². The highest BCUT2D eigenvalue weighted by Gasteiger charge is 2.33. The van der Waals surface area contributed by atoms with Gasteiger partial charge in [-0.15, -0.1) is 0 Å². The minimum absolute atomic E-state index is 0.0166. The summed E-state index contributed by atoms with van der Waals surface area (Å²) in [7, 11) is 2.11. The number of ether oxygens (including phenoxy) is 1. The molecule has 0 saturated carbocycles. The molecule has 1 saturated heterocycles. The molecule has 0 amide bonds. The lowest BCUT2D eigenvalue weighted by atomic mass is 9.82. The highest BCUT2D eigenvalue weighted by molar-refractivity contribution is 4.84. The summed E-state index contributed by atoms with van der Waals surface area (Å²) in [6, 6.07) is 0.528. The summed E-state index contributed by atoms with van der Waals surface area (Å²) in [5.74, 6) is 0. The van der Waals surface area contributed by atoms with Gasteiger partial charge in [0.25, 0.3) is 0 Å². The maximum Gasteiger partial charge on any atom is 0.0556 e. The molecule has 1 fully saturated rings. The summed E-state index contributed by atoms with van der Waals surface area (Å²) in [6.45, 7) is 7.09. The minimum atomic E-state index is -0.0166. The average Bonchev–Trinajstić information content (AvgIpc) is 2.19. The van der Waals surface area contributed by atoms with Crippen LogP contribution in [0.1, 0.15) is 26.7 Å². The SMILES string of the molecule is CC(C)N(C)CC1(CO)CCCOC1. The highest BCUT2D eigenvalue weighted by atomic mass is 16.5. The molecule has 84 valence electrons. The van der Waals surface area contributed by atoms with Crippen LogP contribution in [0.4, 0.5) is 0 Å². The van der Waals surface area contributed by atoms with Crippen molar-refractivity contribution in [2.24, 2.45) is 5.41 Å². The predicted octanol–water partition coefficient (Wildman–Crippen LogP) is 1.12. The second-order valence-electron chi connectivity index (χ2n) is 4.82. The number of rotatable bonds is 4. The fourth-order valence-electron chi connectivity index (χ4n) is 1.92. The van der Waals surface area contributed by atoms with Crippen molar-refractivity contribution in [2.75, 3.05) is 33.4 Å². The lowest BCUT2D eigenvalue weighted by molar-refractivity contribution is -0.0554. The number of aliphatic hydroxyl groups is 1. The van der Waals surface area contributed by atoms with E-state index < -0.39 is 0 Å². The highest BCUT2D eigenvalue weighted by Crippen LogP contribution is 2.29. The lowest BCUT2D eigenvalue weighted by Gasteiger charge is -2.39. The zero-order valence-electron chi connectivity index (χ0n) is 9.62. The van der Waals surface area contributed by atoms with E-state index in [1.54, 1.807) is 0 Å². The summed E-state index contributed by atoms with van der Waals surface area (Å²) in [5, 5.41) is 9.47. The second kappa shape index (κ2) is 5.10. The molecule has 0 spiro atoms. The van der Waals surface area contributed by atoms with Crippen LogP contribution < -0.4 is 0 Å². The Hall–Kier alpha value is -0.120. The van der Waals surface area contributed by atoms with E-state index in [4.69, 9.17) is 4.74 Å². The van der Waals surface area contributed by atoms with Crippen molar-refractivity contribution in [3.63, 3.8) is 0 Å². The van der Waals surface area contributed by atoms with Crippen LogP contribution >= 0.6 is 0 Å². The second-order valence-corrected chi connectivity index (χ2v) is 4.82. The standard InChI is InChI=1S/C11H23NO2/c1-10(2)12(3)7-11(8-13)5-4-6-14-9-11/h10,13H,4-9H2,1-3H3. The minimum Gasteiger partial charge on any atom is -0.396 e. The molecule has 0 radical (unpaired) electrons. The van der Waals surface area contributed by atoms with Crippen LogP contribution in [0.5, 0.6) is 0 Å². The molecule has 3 nitrogen and oxygen atoms in total. The molecule has 0 aromatic heterocycles. The number of hydrogen-bond acceptors (Lipinski definition) is 3. The van der Waals surface area contributed by atoms with Gasteiger partial charge < -0.3 is 14.7 Å². The first-order valence-corrected chi connectivity index (χ1v) is 5.48. The molecule has 1 N–H and O–H groups in total. The third-order valence-corrected chi connectivity index (χ3v) is 3.21. The van der Waals surface area contributed by atoms with E-state index in [0.717, 1.165) is 26.0 Å². The zero-order chi connectivity index (χ0) is 10.6. The largest absolute Gasteiger partial charge is 0.396 e. The van der Waals surface area contributed by atoms with Crippen LogP contribution in [0.15, 0.2) is 0 Å². The molecule has 0 aliphatic carbocycles. The van der Waals surface area contributed by atoms with E-state index in [9.17, 15) is 5.11 Å². The predicted molar refractivity (Wildman–Crippen MR) is 57.3 cm³/mol. The third kappa shape index (κ3) is 2.94. The van der Waals surface area contributed by atoms with Gasteiger partial charge in [-0.3, -0.25) is 0 Å². The van der Waals surface area contributed by atoms with Gasteiger partial charge in [-0.1, -0.05) is 0 Å². The van der Waals surface area contributed by atoms with Crippen LogP contribution in [0, 0.1) is 5.41 Å². The van der Waals surface area contributed by atoms with Crippen molar-refractivity contribution in [1.82, 2.24) is 4.90 Å². The van der Waals surface area contributed by atoms with Gasteiger partial charge in [0.15, 0.2) is 0 Å². The van der Waals surface area contributed by atoms with E-state index >= 15 is 0 Å². The number of aliphatic hydroxyl groups excluding tert-OH is 1. The molecule has 1 heterocycles. The maximum absolute atomic E-state index is 9.47. The zero-order valence-corrected chi connectivity index (χ0v) is 9.62. The third-order valence-electron chi connectivity index (χ3n) is 3.21. The quantitative estimate of drug-likeness (QED) is 0.739. The smallest absolute Gasteiger partial charge is 0.0556 e. The Bertz CT molecular complexity index is 165. The summed E-state index contributed by atoms with van der Waals surface area (Å²) in [6.07, 6.45) is 2.16. The topological polar surface area (TPSA) is 32.7 Å². The summed E-state index contributed by atoms with van der Waals surface area (Å²) < 4.78 is 5.47. The van der Waals surface area contributed by atoms with Crippen molar-refractivity contribution in [2.45, 2.75) is 32.7 Å². The van der Waals surface area contributed by atoms with Crippen LogP contribution in [-0.2, 0) is 4.74 Å². The first-order valence-electron chi connectivity index (χ1n) is 5.48. The monoisotopic (exact) mass is 201 g/mol. The van der Waals surface area contributed by atoms with Crippen molar-refractivity contribution < 1.29 is 9.84 Å². The molecule has 0 aromatic rings. The van der Waals surface area contributed by atoms with Crippen LogP contribution in [0.25, 0.3) is 0 Å². The van der Waals surface area contributed by atoms with Crippen LogP contribution in [0.2, 0.25) is 0 Å². The van der Waals surface area contributed by atoms with Gasteiger partial charge in [0.1, 0.15) is 0 Å². The van der Waals surface area contributed by atoms with Gasteiger partial charge in [-0.2, -0.15) is 0 Å². The van der Waals surface area contributed by atoms with E-state index in [1.807, 2.05) is 0 Å². The molecule has 0 aromatic carbocycles. The van der Waals surface area contributed by atoms with E-state index in [1.165, 1.54) is 0 Å². The Kier molecular flexibility index (Phi) is 4.35. The van der Waals surface area contributed by atoms with Crippen molar-refractivity contribution in [3.8, 4) is 0 Å². The van der Waals surface area contributed by atoms with Gasteiger partial charge in [-0.25, -0.2) is 0 Å². The molecule has 14 heavy (non-hydrogen) atoms. The summed E-state index contributed by atoms with van der Waals surface area (Å²) in [4.78, 5) is 2.28. The molecule has 1 unspecified atom stereocenters. The molecule has 3 heteroatoms. The Labute approximate surface area is 87.1 Å². The first-order chi connectivity index (χ1) is 6.59. The van der Waals surface area contributed by atoms with Crippen molar-refractivity contribution >= 4 is 0 Å². The molecular weight excluding hydrogens is 178 g/mol. The van der Waals surface area contributed by atoms with Crippen LogP contribution in [-0.4, -0.2) is 49.5 Å². The van der Waals surface area contributed by atoms with Crippen molar-refractivity contribution in [3.05, 3.63) is 0 Å². The number of hydrogen-bond donors (Lipinski definition) is 1. The van der Waals surface area contributed by atoms with E-state index in [2.05, 4.69) is 25.8 Å². The fraction of sp³-hybridized carbons (Fsp3) is 1.00. The molecule has 1 aliphatic rings. The fourth-order valence-corrected chi connectivity index (χ4v) is 1.92. The van der Waals surface area contributed by atoms with Gasteiger partial charge in [-0.05, 0) is 33.7 Å². The average molecular weight is 201 g/mol. The normalized spacial score (nSPS) is 28.7. The van der Waals surface area contributed by atoms with Gasteiger partial charge >= 0.3 is 0 Å². The molecular formula is C11H23NO2. The summed E-state index contributed by atoms with van der Waals surface area (Å²) >= 11 is 0. The van der Waals surface area contributed by atoms with Gasteiger partial charge in [0.2, 0.25) is 0 Å². The Morgan fingerprint density at radius 2 is 2.21 bits per heavy atom. The van der Waals surface area contributed by atoms with Crippen molar-refractivity contribution in [1.29, 1.82) is 0 Å². The number of nitrogens with zero attached hydrogens (tertiary/aromatic N) is 1. The summed E-state index contributed by atoms with van der Waals surface area (Å²) in [5.41, 5.74) is -0.0166.